The molecule has 1 aliphatic heterocycles. The number of carbonyl (C=O) groups excluding carboxylic acids is 1. The maximum atomic E-state index is 12.2. The molecule has 108 valence electrons. The number of aromatic nitrogens is 2. The third-order valence-electron chi connectivity index (χ3n) is 3.60. The third kappa shape index (κ3) is 2.40. The molecule has 1 amide bonds. The molecule has 0 spiro atoms. The number of anilines is 1. The molecular weight excluding hydrogens is 268 g/mol. The number of likely N-dealkylation sites (tertiary alicyclic amines) is 1. The van der Waals surface area contributed by atoms with Crippen LogP contribution in [0.5, 0.6) is 0 Å². The second kappa shape index (κ2) is 5.40. The first kappa shape index (κ1) is 13.4. The van der Waals surface area contributed by atoms with Gasteiger partial charge in [-0.3, -0.25) is 14.2 Å². The minimum atomic E-state index is -0.172. The molecule has 0 bridgehead atoms. The highest BCUT2D eigenvalue weighted by Crippen LogP contribution is 2.13. The molecule has 1 saturated heterocycles. The van der Waals surface area contributed by atoms with Crippen molar-refractivity contribution in [2.75, 3.05) is 25.5 Å². The molecule has 3 rings (SSSR count). The lowest BCUT2D eigenvalue weighted by Crippen LogP contribution is -2.42. The minimum Gasteiger partial charge on any atom is -0.384 e. The van der Waals surface area contributed by atoms with Crippen molar-refractivity contribution in [1.29, 1.82) is 0 Å². The summed E-state index contributed by atoms with van der Waals surface area (Å²) in [5.41, 5.74) is 0.880. The van der Waals surface area contributed by atoms with Gasteiger partial charge in [0, 0.05) is 32.5 Å². The van der Waals surface area contributed by atoms with E-state index in [0.717, 1.165) is 19.5 Å². The van der Waals surface area contributed by atoms with Gasteiger partial charge in [-0.2, -0.15) is 0 Å². The van der Waals surface area contributed by atoms with E-state index >= 15 is 0 Å². The van der Waals surface area contributed by atoms with Crippen LogP contribution in [-0.2, 0) is 0 Å². The van der Waals surface area contributed by atoms with Crippen LogP contribution in [0.2, 0.25) is 0 Å². The van der Waals surface area contributed by atoms with Gasteiger partial charge in [-0.25, -0.2) is 4.98 Å². The van der Waals surface area contributed by atoms with Crippen molar-refractivity contribution in [2.45, 2.75) is 6.42 Å². The van der Waals surface area contributed by atoms with Gasteiger partial charge in [0.2, 0.25) is 0 Å². The van der Waals surface area contributed by atoms with E-state index in [9.17, 15) is 9.59 Å². The molecule has 0 aromatic carbocycles. The molecule has 0 unspecified atom stereocenters. The standard InChI is InChI=1S/C15H16N4O2/c1-16-12-4-2-9-19(15(12)21)13-6-5-11(10-17-13)14(20)18-7-3-8-18/h2,4-6,9-10,16H,3,7-8H2,1H3. The first-order valence-electron chi connectivity index (χ1n) is 6.86. The van der Waals surface area contributed by atoms with Crippen molar-refractivity contribution in [3.63, 3.8) is 0 Å². The zero-order valence-corrected chi connectivity index (χ0v) is 11.7. The summed E-state index contributed by atoms with van der Waals surface area (Å²) < 4.78 is 1.45. The number of pyridine rings is 2. The highest BCUT2D eigenvalue weighted by atomic mass is 16.2. The summed E-state index contributed by atoms with van der Waals surface area (Å²) in [7, 11) is 1.70. The minimum absolute atomic E-state index is 0.00313. The van der Waals surface area contributed by atoms with Crippen LogP contribution in [0.4, 0.5) is 5.69 Å². The number of rotatable bonds is 3. The largest absolute Gasteiger partial charge is 0.384 e. The normalized spacial score (nSPS) is 13.7. The highest BCUT2D eigenvalue weighted by Gasteiger charge is 2.21. The molecule has 3 heterocycles. The summed E-state index contributed by atoms with van der Waals surface area (Å²) >= 11 is 0. The molecule has 6 heteroatoms. The summed E-state index contributed by atoms with van der Waals surface area (Å²) in [4.78, 5) is 30.2. The van der Waals surface area contributed by atoms with Crippen LogP contribution in [-0.4, -0.2) is 40.5 Å². The van der Waals surface area contributed by atoms with Crippen LogP contribution < -0.4 is 10.9 Å². The zero-order valence-electron chi connectivity index (χ0n) is 11.7. The van der Waals surface area contributed by atoms with Crippen molar-refractivity contribution in [2.24, 2.45) is 0 Å². The molecule has 1 aliphatic rings. The Bertz CT molecular complexity index is 717. The quantitative estimate of drug-likeness (QED) is 0.917. The van der Waals surface area contributed by atoms with Gasteiger partial charge >= 0.3 is 0 Å². The van der Waals surface area contributed by atoms with Crippen LogP contribution in [0.1, 0.15) is 16.8 Å². The van der Waals surface area contributed by atoms with E-state index in [1.807, 2.05) is 0 Å². The fraction of sp³-hybridized carbons (Fsp3) is 0.267. The fourth-order valence-corrected chi connectivity index (χ4v) is 2.22. The second-order valence-corrected chi connectivity index (χ2v) is 4.90. The van der Waals surface area contributed by atoms with Crippen molar-refractivity contribution in [1.82, 2.24) is 14.5 Å². The van der Waals surface area contributed by atoms with Gasteiger partial charge in [0.25, 0.3) is 11.5 Å². The predicted octanol–water partition coefficient (Wildman–Crippen LogP) is 1.12. The monoisotopic (exact) mass is 284 g/mol. The van der Waals surface area contributed by atoms with Gasteiger partial charge in [0.15, 0.2) is 0 Å². The first-order chi connectivity index (χ1) is 10.2. The molecule has 6 nitrogen and oxygen atoms in total. The Kier molecular flexibility index (Phi) is 3.43. The Morgan fingerprint density at radius 2 is 2.10 bits per heavy atom. The van der Waals surface area contributed by atoms with E-state index in [1.54, 1.807) is 42.4 Å². The molecule has 2 aromatic heterocycles. The molecule has 0 radical (unpaired) electrons. The van der Waals surface area contributed by atoms with Crippen LogP contribution in [0, 0.1) is 0 Å². The van der Waals surface area contributed by atoms with E-state index < -0.39 is 0 Å². The Balaban J connectivity index is 1.90. The molecule has 0 aliphatic carbocycles. The summed E-state index contributed by atoms with van der Waals surface area (Å²) in [5, 5.41) is 2.84. The number of amides is 1. The van der Waals surface area contributed by atoms with Crippen LogP contribution >= 0.6 is 0 Å². The average molecular weight is 284 g/mol. The smallest absolute Gasteiger partial charge is 0.279 e. The topological polar surface area (TPSA) is 67.2 Å². The summed E-state index contributed by atoms with van der Waals surface area (Å²) in [6.07, 6.45) is 4.24. The SMILES string of the molecule is CNc1cccn(-c2ccc(C(=O)N3CCC3)cn2)c1=O. The van der Waals surface area contributed by atoms with Crippen molar-refractivity contribution in [3.05, 3.63) is 52.6 Å². The number of carbonyl (C=O) groups is 1. The van der Waals surface area contributed by atoms with Crippen LogP contribution in [0.3, 0.4) is 0 Å². The predicted molar refractivity (Wildman–Crippen MR) is 79.9 cm³/mol. The molecule has 0 atom stereocenters. The summed E-state index contributed by atoms with van der Waals surface area (Å²) in [6.45, 7) is 1.62. The summed E-state index contributed by atoms with van der Waals surface area (Å²) in [5.74, 6) is 0.494. The number of hydrogen-bond donors (Lipinski definition) is 1. The van der Waals surface area contributed by atoms with E-state index in [2.05, 4.69) is 10.3 Å². The Morgan fingerprint density at radius 1 is 1.29 bits per heavy atom. The van der Waals surface area contributed by atoms with E-state index in [0.29, 0.717) is 17.1 Å². The average Bonchev–Trinajstić information content (AvgIpc) is 2.46. The van der Waals surface area contributed by atoms with E-state index in [4.69, 9.17) is 0 Å². The maximum Gasteiger partial charge on any atom is 0.279 e. The Labute approximate surface area is 122 Å². The number of nitrogens with zero attached hydrogens (tertiary/aromatic N) is 3. The van der Waals surface area contributed by atoms with Crippen LogP contribution in [0.15, 0.2) is 41.5 Å². The number of hydrogen-bond acceptors (Lipinski definition) is 4. The summed E-state index contributed by atoms with van der Waals surface area (Å²) in [6, 6.07) is 6.88. The van der Waals surface area contributed by atoms with Gasteiger partial charge < -0.3 is 10.2 Å². The lowest BCUT2D eigenvalue weighted by Gasteiger charge is -2.30. The molecule has 2 aromatic rings. The Hall–Kier alpha value is -2.63. The van der Waals surface area contributed by atoms with E-state index in [1.165, 1.54) is 10.8 Å². The third-order valence-corrected chi connectivity index (χ3v) is 3.60. The van der Waals surface area contributed by atoms with Crippen molar-refractivity contribution >= 4 is 11.6 Å². The van der Waals surface area contributed by atoms with Gasteiger partial charge in [-0.1, -0.05) is 0 Å². The van der Waals surface area contributed by atoms with Gasteiger partial charge in [0.1, 0.15) is 11.5 Å². The van der Waals surface area contributed by atoms with Crippen LogP contribution in [0.25, 0.3) is 5.82 Å². The first-order valence-corrected chi connectivity index (χ1v) is 6.86. The lowest BCUT2D eigenvalue weighted by atomic mass is 10.1. The van der Waals surface area contributed by atoms with E-state index in [-0.39, 0.29) is 11.5 Å². The number of nitrogens with one attached hydrogen (secondary N) is 1. The Morgan fingerprint density at radius 3 is 2.67 bits per heavy atom. The zero-order chi connectivity index (χ0) is 14.8. The van der Waals surface area contributed by atoms with Crippen molar-refractivity contribution < 1.29 is 4.79 Å². The fourth-order valence-electron chi connectivity index (χ4n) is 2.22. The second-order valence-electron chi connectivity index (χ2n) is 4.90. The molecular formula is C15H16N4O2. The highest BCUT2D eigenvalue weighted by molar-refractivity contribution is 5.94. The molecule has 1 N–H and O–H groups in total. The van der Waals surface area contributed by atoms with Gasteiger partial charge in [0.05, 0.1) is 5.56 Å². The van der Waals surface area contributed by atoms with Gasteiger partial charge in [-0.15, -0.1) is 0 Å². The molecule has 21 heavy (non-hydrogen) atoms. The lowest BCUT2D eigenvalue weighted by molar-refractivity contribution is 0.0651. The van der Waals surface area contributed by atoms with Gasteiger partial charge in [-0.05, 0) is 30.7 Å². The molecule has 0 saturated carbocycles. The maximum absolute atomic E-state index is 12.2. The van der Waals surface area contributed by atoms with Crippen molar-refractivity contribution in [3.8, 4) is 5.82 Å². The molecule has 1 fully saturated rings.